The highest BCUT2D eigenvalue weighted by molar-refractivity contribution is 5.53. The van der Waals surface area contributed by atoms with Crippen LogP contribution in [-0.2, 0) is 6.42 Å². The molecule has 0 aliphatic carbocycles. The van der Waals surface area contributed by atoms with Gasteiger partial charge in [-0.15, -0.1) is 0 Å². The highest BCUT2D eigenvalue weighted by Gasteiger charge is 2.23. The molecule has 0 spiro atoms. The lowest BCUT2D eigenvalue weighted by Crippen LogP contribution is -2.33. The molecule has 0 bridgehead atoms. The third kappa shape index (κ3) is 3.01. The SMILES string of the molecule is CCc1ccc(C2CCN(c3ccccc3C)CC2)c(F)c1. The number of aryl methyl sites for hydroxylation is 2. The third-order valence-corrected chi connectivity index (χ3v) is 4.86. The normalized spacial score (nSPS) is 16.0. The van der Waals surface area contributed by atoms with Crippen molar-refractivity contribution in [3.63, 3.8) is 0 Å². The molecule has 1 nitrogen and oxygen atoms in total. The van der Waals surface area contributed by atoms with Crippen LogP contribution in [0.3, 0.4) is 0 Å². The van der Waals surface area contributed by atoms with Crippen LogP contribution in [0.2, 0.25) is 0 Å². The number of rotatable bonds is 3. The van der Waals surface area contributed by atoms with E-state index in [-0.39, 0.29) is 5.82 Å². The summed E-state index contributed by atoms with van der Waals surface area (Å²) in [7, 11) is 0. The molecule has 0 aromatic heterocycles. The molecule has 116 valence electrons. The number of hydrogen-bond acceptors (Lipinski definition) is 1. The molecule has 0 amide bonds. The number of anilines is 1. The van der Waals surface area contributed by atoms with E-state index in [1.165, 1.54) is 11.3 Å². The summed E-state index contributed by atoms with van der Waals surface area (Å²) >= 11 is 0. The van der Waals surface area contributed by atoms with Crippen molar-refractivity contribution in [3.05, 3.63) is 65.0 Å². The number of para-hydroxylation sites is 1. The summed E-state index contributed by atoms with van der Waals surface area (Å²) < 4.78 is 14.3. The maximum Gasteiger partial charge on any atom is 0.126 e. The van der Waals surface area contributed by atoms with Gasteiger partial charge in [-0.05, 0) is 60.9 Å². The van der Waals surface area contributed by atoms with Crippen molar-refractivity contribution in [2.75, 3.05) is 18.0 Å². The predicted molar refractivity (Wildman–Crippen MR) is 91.1 cm³/mol. The minimum absolute atomic E-state index is 0.0197. The fourth-order valence-corrected chi connectivity index (χ4v) is 3.47. The fraction of sp³-hybridized carbons (Fsp3) is 0.400. The number of benzene rings is 2. The van der Waals surface area contributed by atoms with Gasteiger partial charge in [0.15, 0.2) is 0 Å². The van der Waals surface area contributed by atoms with Gasteiger partial charge in [-0.25, -0.2) is 4.39 Å². The molecule has 0 saturated carbocycles. The van der Waals surface area contributed by atoms with Gasteiger partial charge in [0.2, 0.25) is 0 Å². The molecule has 0 unspecified atom stereocenters. The Morgan fingerprint density at radius 1 is 1.09 bits per heavy atom. The first-order chi connectivity index (χ1) is 10.7. The van der Waals surface area contributed by atoms with E-state index in [4.69, 9.17) is 0 Å². The van der Waals surface area contributed by atoms with E-state index in [0.29, 0.717) is 5.92 Å². The summed E-state index contributed by atoms with van der Waals surface area (Å²) in [4.78, 5) is 2.43. The van der Waals surface area contributed by atoms with Crippen molar-refractivity contribution in [2.24, 2.45) is 0 Å². The van der Waals surface area contributed by atoms with Crippen LogP contribution in [-0.4, -0.2) is 13.1 Å². The van der Waals surface area contributed by atoms with Crippen molar-refractivity contribution < 1.29 is 4.39 Å². The van der Waals surface area contributed by atoms with Gasteiger partial charge in [-0.3, -0.25) is 0 Å². The van der Waals surface area contributed by atoms with Gasteiger partial charge in [0.05, 0.1) is 0 Å². The quantitative estimate of drug-likeness (QED) is 0.763. The molecule has 1 aliphatic rings. The minimum Gasteiger partial charge on any atom is -0.371 e. The Morgan fingerprint density at radius 3 is 2.45 bits per heavy atom. The molecule has 2 aromatic rings. The van der Waals surface area contributed by atoms with Crippen molar-refractivity contribution in [1.29, 1.82) is 0 Å². The Bertz CT molecular complexity index is 642. The van der Waals surface area contributed by atoms with Crippen LogP contribution >= 0.6 is 0 Å². The fourth-order valence-electron chi connectivity index (χ4n) is 3.47. The van der Waals surface area contributed by atoms with Crippen molar-refractivity contribution in [1.82, 2.24) is 0 Å². The second kappa shape index (κ2) is 6.51. The summed E-state index contributed by atoms with van der Waals surface area (Å²) in [6.07, 6.45) is 2.94. The van der Waals surface area contributed by atoms with E-state index < -0.39 is 0 Å². The summed E-state index contributed by atoms with van der Waals surface area (Å²) in [5.74, 6) is 0.333. The van der Waals surface area contributed by atoms with E-state index in [9.17, 15) is 4.39 Å². The summed E-state index contributed by atoms with van der Waals surface area (Å²) in [5.41, 5.74) is 4.63. The molecule has 1 heterocycles. The third-order valence-electron chi connectivity index (χ3n) is 4.86. The molecule has 1 aliphatic heterocycles. The minimum atomic E-state index is -0.0197. The zero-order valence-corrected chi connectivity index (χ0v) is 13.5. The zero-order chi connectivity index (χ0) is 15.5. The number of hydrogen-bond donors (Lipinski definition) is 0. The molecule has 2 heteroatoms. The van der Waals surface area contributed by atoms with Crippen LogP contribution < -0.4 is 4.90 Å². The summed E-state index contributed by atoms with van der Waals surface area (Å²) in [5, 5.41) is 0. The van der Waals surface area contributed by atoms with Crippen LogP contribution in [0.1, 0.15) is 42.4 Å². The van der Waals surface area contributed by atoms with E-state index in [0.717, 1.165) is 43.5 Å². The lowest BCUT2D eigenvalue weighted by Gasteiger charge is -2.34. The van der Waals surface area contributed by atoms with Gasteiger partial charge in [0.25, 0.3) is 0 Å². The van der Waals surface area contributed by atoms with E-state index in [1.807, 2.05) is 6.07 Å². The predicted octanol–water partition coefficient (Wildman–Crippen LogP) is 5.08. The van der Waals surface area contributed by atoms with Crippen molar-refractivity contribution >= 4 is 5.69 Å². The van der Waals surface area contributed by atoms with E-state index in [1.54, 1.807) is 6.07 Å². The van der Waals surface area contributed by atoms with Crippen LogP contribution in [0.4, 0.5) is 10.1 Å². The van der Waals surface area contributed by atoms with Gasteiger partial charge in [-0.1, -0.05) is 37.3 Å². The molecule has 0 atom stereocenters. The summed E-state index contributed by atoms with van der Waals surface area (Å²) in [6, 6.07) is 14.3. The number of halogens is 1. The van der Waals surface area contributed by atoms with Gasteiger partial charge >= 0.3 is 0 Å². The molecular formula is C20H24FN. The van der Waals surface area contributed by atoms with Gasteiger partial charge in [-0.2, -0.15) is 0 Å². The van der Waals surface area contributed by atoms with Crippen LogP contribution in [0.15, 0.2) is 42.5 Å². The Morgan fingerprint density at radius 2 is 1.82 bits per heavy atom. The van der Waals surface area contributed by atoms with Gasteiger partial charge in [0, 0.05) is 18.8 Å². The largest absolute Gasteiger partial charge is 0.371 e. The lowest BCUT2D eigenvalue weighted by atomic mass is 9.88. The van der Waals surface area contributed by atoms with Gasteiger partial charge < -0.3 is 4.90 Å². The second-order valence-corrected chi connectivity index (χ2v) is 6.26. The second-order valence-electron chi connectivity index (χ2n) is 6.26. The van der Waals surface area contributed by atoms with E-state index in [2.05, 4.69) is 49.1 Å². The molecule has 22 heavy (non-hydrogen) atoms. The van der Waals surface area contributed by atoms with Gasteiger partial charge in [0.1, 0.15) is 5.82 Å². The Balaban J connectivity index is 1.71. The highest BCUT2D eigenvalue weighted by Crippen LogP contribution is 2.33. The standard InChI is InChI=1S/C20H24FN/c1-3-16-8-9-18(19(21)14-16)17-10-12-22(13-11-17)20-7-5-4-6-15(20)2/h4-9,14,17H,3,10-13H2,1-2H3. The van der Waals surface area contributed by atoms with E-state index >= 15 is 0 Å². The number of piperidine rings is 1. The van der Waals surface area contributed by atoms with Crippen LogP contribution in [0.25, 0.3) is 0 Å². The first-order valence-electron chi connectivity index (χ1n) is 8.28. The Hall–Kier alpha value is -1.83. The lowest BCUT2D eigenvalue weighted by molar-refractivity contribution is 0.481. The topological polar surface area (TPSA) is 3.24 Å². The maximum atomic E-state index is 14.3. The highest BCUT2D eigenvalue weighted by atomic mass is 19.1. The molecule has 0 radical (unpaired) electrons. The molecule has 0 N–H and O–H groups in total. The monoisotopic (exact) mass is 297 g/mol. The Kier molecular flexibility index (Phi) is 4.47. The maximum absolute atomic E-state index is 14.3. The average Bonchev–Trinajstić information content (AvgIpc) is 2.55. The molecule has 2 aromatic carbocycles. The molecular weight excluding hydrogens is 273 g/mol. The first kappa shape index (κ1) is 15.1. The number of nitrogens with zero attached hydrogens (tertiary/aromatic N) is 1. The molecule has 1 saturated heterocycles. The molecule has 1 fully saturated rings. The van der Waals surface area contributed by atoms with Crippen LogP contribution in [0.5, 0.6) is 0 Å². The summed E-state index contributed by atoms with van der Waals surface area (Å²) in [6.45, 7) is 6.23. The van der Waals surface area contributed by atoms with Crippen molar-refractivity contribution in [2.45, 2.75) is 39.0 Å². The Labute approximate surface area is 132 Å². The average molecular weight is 297 g/mol. The first-order valence-corrected chi connectivity index (χ1v) is 8.28. The smallest absolute Gasteiger partial charge is 0.126 e. The zero-order valence-electron chi connectivity index (χ0n) is 13.5. The van der Waals surface area contributed by atoms with Crippen LogP contribution in [0, 0.1) is 12.7 Å². The molecule has 3 rings (SSSR count). The van der Waals surface area contributed by atoms with Crippen molar-refractivity contribution in [3.8, 4) is 0 Å².